The van der Waals surface area contributed by atoms with Gasteiger partial charge in [-0.05, 0) is 57.0 Å². The quantitative estimate of drug-likeness (QED) is 0.736. The van der Waals surface area contributed by atoms with Crippen molar-refractivity contribution in [2.45, 2.75) is 26.7 Å². The van der Waals surface area contributed by atoms with Crippen molar-refractivity contribution in [3.8, 4) is 11.5 Å². The van der Waals surface area contributed by atoms with Gasteiger partial charge in [-0.15, -0.1) is 0 Å². The monoisotopic (exact) mass is 368 g/mol. The van der Waals surface area contributed by atoms with Crippen molar-refractivity contribution in [1.82, 2.24) is 0 Å². The van der Waals surface area contributed by atoms with Crippen LogP contribution < -0.4 is 20.1 Å². The van der Waals surface area contributed by atoms with Crippen LogP contribution in [0.3, 0.4) is 0 Å². The first-order valence-electron chi connectivity index (χ1n) is 9.22. The van der Waals surface area contributed by atoms with Gasteiger partial charge in [-0.2, -0.15) is 0 Å². The molecule has 27 heavy (non-hydrogen) atoms. The van der Waals surface area contributed by atoms with Crippen molar-refractivity contribution < 1.29 is 19.1 Å². The van der Waals surface area contributed by atoms with Crippen LogP contribution in [-0.4, -0.2) is 25.0 Å². The summed E-state index contributed by atoms with van der Waals surface area (Å²) in [4.78, 5) is 24.6. The predicted octanol–water partition coefficient (Wildman–Crippen LogP) is 4.08. The van der Waals surface area contributed by atoms with E-state index in [1.165, 1.54) is 0 Å². The molecule has 1 aliphatic carbocycles. The molecule has 1 aliphatic rings. The molecular weight excluding hydrogens is 344 g/mol. The van der Waals surface area contributed by atoms with Crippen LogP contribution >= 0.6 is 0 Å². The third kappa shape index (κ3) is 5.00. The second-order valence-electron chi connectivity index (χ2n) is 6.32. The summed E-state index contributed by atoms with van der Waals surface area (Å²) in [7, 11) is 0. The number of nitrogens with one attached hydrogen (secondary N) is 2. The summed E-state index contributed by atoms with van der Waals surface area (Å²) >= 11 is 0. The Morgan fingerprint density at radius 2 is 1.78 bits per heavy atom. The molecule has 0 aliphatic heterocycles. The number of amides is 2. The van der Waals surface area contributed by atoms with Crippen molar-refractivity contribution in [2.75, 3.05) is 23.8 Å². The Bertz CT molecular complexity index is 831. The molecule has 1 saturated carbocycles. The van der Waals surface area contributed by atoms with Crippen LogP contribution in [0.1, 0.15) is 37.0 Å². The SMILES string of the molecule is CCOc1ccc(OCC)c(NC(=O)c2cccc(NC(=O)C3CC3)c2)c1. The van der Waals surface area contributed by atoms with E-state index in [0.29, 0.717) is 41.7 Å². The van der Waals surface area contributed by atoms with Crippen LogP contribution in [0, 0.1) is 5.92 Å². The first kappa shape index (κ1) is 18.8. The lowest BCUT2D eigenvalue weighted by Gasteiger charge is -2.14. The van der Waals surface area contributed by atoms with Crippen LogP contribution in [0.4, 0.5) is 11.4 Å². The maximum absolute atomic E-state index is 12.7. The van der Waals surface area contributed by atoms with Crippen molar-refractivity contribution in [3.63, 3.8) is 0 Å². The first-order chi connectivity index (χ1) is 13.1. The van der Waals surface area contributed by atoms with E-state index in [0.717, 1.165) is 12.8 Å². The molecule has 3 rings (SSSR count). The molecule has 0 spiro atoms. The van der Waals surface area contributed by atoms with E-state index in [2.05, 4.69) is 10.6 Å². The van der Waals surface area contributed by atoms with Gasteiger partial charge in [0.15, 0.2) is 0 Å². The zero-order valence-electron chi connectivity index (χ0n) is 15.6. The summed E-state index contributed by atoms with van der Waals surface area (Å²) in [5, 5.41) is 5.73. The molecule has 142 valence electrons. The van der Waals surface area contributed by atoms with Crippen molar-refractivity contribution in [2.24, 2.45) is 5.92 Å². The Balaban J connectivity index is 1.76. The Labute approximate surface area is 158 Å². The number of benzene rings is 2. The van der Waals surface area contributed by atoms with Crippen LogP contribution in [0.2, 0.25) is 0 Å². The van der Waals surface area contributed by atoms with Crippen LogP contribution in [0.15, 0.2) is 42.5 Å². The molecule has 0 bridgehead atoms. The Hall–Kier alpha value is -3.02. The highest BCUT2D eigenvalue weighted by Crippen LogP contribution is 2.31. The van der Waals surface area contributed by atoms with E-state index < -0.39 is 0 Å². The van der Waals surface area contributed by atoms with Gasteiger partial charge >= 0.3 is 0 Å². The van der Waals surface area contributed by atoms with E-state index in [4.69, 9.17) is 9.47 Å². The molecule has 0 saturated heterocycles. The summed E-state index contributed by atoms with van der Waals surface area (Å²) in [6.45, 7) is 4.80. The fraction of sp³-hybridized carbons (Fsp3) is 0.333. The lowest BCUT2D eigenvalue weighted by Crippen LogP contribution is -2.16. The van der Waals surface area contributed by atoms with E-state index in [9.17, 15) is 9.59 Å². The minimum atomic E-state index is -0.285. The summed E-state index contributed by atoms with van der Waals surface area (Å²) in [5.74, 6) is 1.06. The molecule has 0 heterocycles. The van der Waals surface area contributed by atoms with Crippen molar-refractivity contribution in [3.05, 3.63) is 48.0 Å². The summed E-state index contributed by atoms with van der Waals surface area (Å²) in [6.07, 6.45) is 1.87. The van der Waals surface area contributed by atoms with Gasteiger partial charge in [0.25, 0.3) is 5.91 Å². The van der Waals surface area contributed by atoms with Gasteiger partial charge in [-0.25, -0.2) is 0 Å². The number of carbonyl (C=O) groups excluding carboxylic acids is 2. The highest BCUT2D eigenvalue weighted by molar-refractivity contribution is 6.06. The van der Waals surface area contributed by atoms with Crippen LogP contribution in [0.5, 0.6) is 11.5 Å². The average Bonchev–Trinajstić information content (AvgIpc) is 3.50. The lowest BCUT2D eigenvalue weighted by molar-refractivity contribution is -0.117. The summed E-state index contributed by atoms with van der Waals surface area (Å²) < 4.78 is 11.1. The Morgan fingerprint density at radius 1 is 1.00 bits per heavy atom. The Morgan fingerprint density at radius 3 is 2.48 bits per heavy atom. The standard InChI is InChI=1S/C21H24N2O4/c1-3-26-17-10-11-19(27-4-2)18(13-17)23-21(25)15-6-5-7-16(12-15)22-20(24)14-8-9-14/h5-7,10-14H,3-4,8-9H2,1-2H3,(H,22,24)(H,23,25). The van der Waals surface area contributed by atoms with Gasteiger partial charge in [-0.1, -0.05) is 6.07 Å². The zero-order valence-corrected chi connectivity index (χ0v) is 15.6. The molecule has 2 aromatic carbocycles. The fourth-order valence-corrected chi connectivity index (χ4v) is 2.67. The van der Waals surface area contributed by atoms with Crippen LogP contribution in [-0.2, 0) is 4.79 Å². The number of anilines is 2. The molecular formula is C21H24N2O4. The lowest BCUT2D eigenvalue weighted by atomic mass is 10.1. The topological polar surface area (TPSA) is 76.7 Å². The molecule has 0 unspecified atom stereocenters. The third-order valence-corrected chi connectivity index (χ3v) is 4.15. The van der Waals surface area contributed by atoms with Crippen molar-refractivity contribution in [1.29, 1.82) is 0 Å². The highest BCUT2D eigenvalue weighted by Gasteiger charge is 2.29. The molecule has 6 heteroatoms. The smallest absolute Gasteiger partial charge is 0.255 e. The van der Waals surface area contributed by atoms with E-state index in [1.807, 2.05) is 13.8 Å². The first-order valence-corrected chi connectivity index (χ1v) is 9.22. The molecule has 2 N–H and O–H groups in total. The van der Waals surface area contributed by atoms with Gasteiger partial charge in [0.2, 0.25) is 5.91 Å². The molecule has 6 nitrogen and oxygen atoms in total. The van der Waals surface area contributed by atoms with Crippen LogP contribution in [0.25, 0.3) is 0 Å². The molecule has 0 aromatic heterocycles. The maximum Gasteiger partial charge on any atom is 0.255 e. The van der Waals surface area contributed by atoms with E-state index in [1.54, 1.807) is 42.5 Å². The van der Waals surface area contributed by atoms with Gasteiger partial charge in [0.05, 0.1) is 18.9 Å². The normalized spacial score (nSPS) is 13.0. The third-order valence-electron chi connectivity index (χ3n) is 4.15. The highest BCUT2D eigenvalue weighted by atomic mass is 16.5. The van der Waals surface area contributed by atoms with E-state index in [-0.39, 0.29) is 17.7 Å². The summed E-state index contributed by atoms with van der Waals surface area (Å²) in [6, 6.07) is 12.2. The maximum atomic E-state index is 12.7. The second kappa shape index (κ2) is 8.58. The van der Waals surface area contributed by atoms with E-state index >= 15 is 0 Å². The fourth-order valence-electron chi connectivity index (χ4n) is 2.67. The second-order valence-corrected chi connectivity index (χ2v) is 6.32. The van der Waals surface area contributed by atoms with Gasteiger partial charge in [0, 0.05) is 23.2 Å². The molecule has 2 amide bonds. The Kier molecular flexibility index (Phi) is 5.96. The molecule has 1 fully saturated rings. The minimum absolute atomic E-state index is 0.00982. The largest absolute Gasteiger partial charge is 0.494 e. The minimum Gasteiger partial charge on any atom is -0.494 e. The van der Waals surface area contributed by atoms with Crippen molar-refractivity contribution >= 4 is 23.2 Å². The molecule has 2 aromatic rings. The zero-order chi connectivity index (χ0) is 19.2. The molecule has 0 radical (unpaired) electrons. The number of rotatable bonds is 8. The predicted molar refractivity (Wildman–Crippen MR) is 105 cm³/mol. The summed E-state index contributed by atoms with van der Waals surface area (Å²) in [5.41, 5.74) is 1.61. The average molecular weight is 368 g/mol. The molecule has 0 atom stereocenters. The number of carbonyl (C=O) groups is 2. The van der Waals surface area contributed by atoms with Gasteiger partial charge in [0.1, 0.15) is 11.5 Å². The van der Waals surface area contributed by atoms with Gasteiger partial charge in [-0.3, -0.25) is 9.59 Å². The number of ether oxygens (including phenoxy) is 2. The number of hydrogen-bond donors (Lipinski definition) is 2. The number of hydrogen-bond acceptors (Lipinski definition) is 4. The van der Waals surface area contributed by atoms with Gasteiger partial charge < -0.3 is 20.1 Å².